The third-order valence-electron chi connectivity index (χ3n) is 4.10. The molecule has 0 unspecified atom stereocenters. The quantitative estimate of drug-likeness (QED) is 0.490. The second-order valence-corrected chi connectivity index (χ2v) is 6.71. The van der Waals surface area contributed by atoms with Gasteiger partial charge in [0.2, 0.25) is 0 Å². The van der Waals surface area contributed by atoms with Gasteiger partial charge in [0, 0.05) is 11.6 Å². The van der Waals surface area contributed by atoms with Crippen LogP contribution in [0.4, 0.5) is 0 Å². The summed E-state index contributed by atoms with van der Waals surface area (Å²) in [6.45, 7) is 0. The summed E-state index contributed by atoms with van der Waals surface area (Å²) >= 11 is 1.37. The Bertz CT molecular complexity index is 1310. The average molecular weight is 344 g/mol. The smallest absolute Gasteiger partial charge is 0.275 e. The molecular weight excluding hydrogens is 332 g/mol. The van der Waals surface area contributed by atoms with Crippen LogP contribution in [0.5, 0.6) is 0 Å². The normalized spacial score (nSPS) is 12.4. The lowest BCUT2D eigenvalue weighted by atomic mass is 10.2. The van der Waals surface area contributed by atoms with Crippen molar-refractivity contribution in [3.05, 3.63) is 87.4 Å². The number of imidazole rings is 1. The fourth-order valence-corrected chi connectivity index (χ4v) is 3.90. The third kappa shape index (κ3) is 2.28. The summed E-state index contributed by atoms with van der Waals surface area (Å²) < 4.78 is 8.14. The monoisotopic (exact) mass is 344 g/mol. The Morgan fingerprint density at radius 2 is 1.76 bits per heavy atom. The van der Waals surface area contributed by atoms with Crippen LogP contribution in [0, 0.1) is 0 Å². The molecule has 0 atom stereocenters. The number of aromatic nitrogens is 2. The predicted octanol–water partition coefficient (Wildman–Crippen LogP) is 3.72. The molecule has 5 rings (SSSR count). The Morgan fingerprint density at radius 1 is 0.960 bits per heavy atom. The van der Waals surface area contributed by atoms with E-state index >= 15 is 0 Å². The molecule has 0 N–H and O–H groups in total. The molecule has 0 amide bonds. The molecule has 0 bridgehead atoms. The van der Waals surface area contributed by atoms with Gasteiger partial charge in [0.05, 0.1) is 11.0 Å². The van der Waals surface area contributed by atoms with Crippen LogP contribution in [0.1, 0.15) is 5.76 Å². The molecule has 0 spiro atoms. The minimum atomic E-state index is -0.0636. The number of benzene rings is 2. The second kappa shape index (κ2) is 5.43. The van der Waals surface area contributed by atoms with Crippen molar-refractivity contribution < 1.29 is 4.42 Å². The standard InChI is InChI=1S/C20H12N2O2S/c23-19-18(25-20-21-15-8-4-5-9-16(15)22(19)20)12-14-10-11-17(24-14)13-6-2-1-3-7-13/h1-12H. The highest BCUT2D eigenvalue weighted by Crippen LogP contribution is 2.22. The molecule has 0 saturated heterocycles. The molecule has 4 nitrogen and oxygen atoms in total. The Morgan fingerprint density at radius 3 is 2.64 bits per heavy atom. The molecule has 120 valence electrons. The molecule has 0 aliphatic rings. The molecule has 5 heteroatoms. The van der Waals surface area contributed by atoms with Crippen molar-refractivity contribution in [2.24, 2.45) is 0 Å². The molecule has 3 heterocycles. The lowest BCUT2D eigenvalue weighted by molar-refractivity contribution is 0.571. The maximum atomic E-state index is 12.7. The second-order valence-electron chi connectivity index (χ2n) is 5.70. The maximum absolute atomic E-state index is 12.7. The Kier molecular flexibility index (Phi) is 3.08. The van der Waals surface area contributed by atoms with Crippen LogP contribution in [0.3, 0.4) is 0 Å². The SMILES string of the molecule is O=c1c(=Cc2ccc(-c3ccccc3)o2)sc2nc3ccccc3n12. The topological polar surface area (TPSA) is 47.5 Å². The number of fused-ring (bicyclic) bond motifs is 3. The fourth-order valence-electron chi connectivity index (χ4n) is 2.93. The van der Waals surface area contributed by atoms with Crippen molar-refractivity contribution in [3.63, 3.8) is 0 Å². The Balaban J connectivity index is 1.65. The average Bonchev–Trinajstić information content (AvgIpc) is 3.32. The first-order valence-electron chi connectivity index (χ1n) is 7.86. The fraction of sp³-hybridized carbons (Fsp3) is 0. The number of nitrogens with zero attached hydrogens (tertiary/aromatic N) is 2. The Hall–Kier alpha value is -3.18. The van der Waals surface area contributed by atoms with Crippen LogP contribution in [0.15, 0.2) is 75.9 Å². The summed E-state index contributed by atoms with van der Waals surface area (Å²) in [5, 5.41) is 0. The summed E-state index contributed by atoms with van der Waals surface area (Å²) in [6.07, 6.45) is 1.78. The first kappa shape index (κ1) is 14.2. The lowest BCUT2D eigenvalue weighted by Crippen LogP contribution is -2.22. The van der Waals surface area contributed by atoms with E-state index in [1.807, 2.05) is 66.7 Å². The van der Waals surface area contributed by atoms with E-state index in [1.54, 1.807) is 10.5 Å². The largest absolute Gasteiger partial charge is 0.457 e. The molecule has 2 aromatic carbocycles. The van der Waals surface area contributed by atoms with Gasteiger partial charge in [-0.05, 0) is 24.3 Å². The first-order valence-corrected chi connectivity index (χ1v) is 8.68. The third-order valence-corrected chi connectivity index (χ3v) is 5.07. The van der Waals surface area contributed by atoms with Gasteiger partial charge in [-0.1, -0.05) is 53.8 Å². The van der Waals surface area contributed by atoms with E-state index in [-0.39, 0.29) is 5.56 Å². The number of hydrogen-bond acceptors (Lipinski definition) is 4. The van der Waals surface area contributed by atoms with E-state index < -0.39 is 0 Å². The van der Waals surface area contributed by atoms with Gasteiger partial charge in [-0.15, -0.1) is 0 Å². The van der Waals surface area contributed by atoms with E-state index in [9.17, 15) is 4.79 Å². The minimum Gasteiger partial charge on any atom is -0.457 e. The van der Waals surface area contributed by atoms with Gasteiger partial charge < -0.3 is 4.42 Å². The van der Waals surface area contributed by atoms with Gasteiger partial charge in [-0.25, -0.2) is 9.38 Å². The summed E-state index contributed by atoms with van der Waals surface area (Å²) in [4.78, 5) is 18.0. The van der Waals surface area contributed by atoms with Gasteiger partial charge in [-0.3, -0.25) is 4.79 Å². The van der Waals surface area contributed by atoms with Crippen LogP contribution >= 0.6 is 11.3 Å². The lowest BCUT2D eigenvalue weighted by Gasteiger charge is -1.94. The summed E-state index contributed by atoms with van der Waals surface area (Å²) in [5.41, 5.74) is 2.62. The molecule has 0 radical (unpaired) electrons. The molecule has 3 aromatic heterocycles. The number of thiazole rings is 1. The Labute approximate surface area is 146 Å². The number of rotatable bonds is 2. The molecule has 5 aromatic rings. The highest BCUT2D eigenvalue weighted by molar-refractivity contribution is 7.15. The van der Waals surface area contributed by atoms with Crippen molar-refractivity contribution in [2.75, 3.05) is 0 Å². The summed E-state index contributed by atoms with van der Waals surface area (Å²) in [6, 6.07) is 21.3. The zero-order valence-corrected chi connectivity index (χ0v) is 13.9. The van der Waals surface area contributed by atoms with E-state index in [0.29, 0.717) is 15.3 Å². The maximum Gasteiger partial charge on any atom is 0.275 e. The van der Waals surface area contributed by atoms with E-state index in [4.69, 9.17) is 4.42 Å². The van der Waals surface area contributed by atoms with Crippen LogP contribution in [0.2, 0.25) is 0 Å². The van der Waals surface area contributed by atoms with Crippen LogP contribution < -0.4 is 10.1 Å². The van der Waals surface area contributed by atoms with Crippen molar-refractivity contribution in [2.45, 2.75) is 0 Å². The van der Waals surface area contributed by atoms with Crippen molar-refractivity contribution in [3.8, 4) is 11.3 Å². The highest BCUT2D eigenvalue weighted by Gasteiger charge is 2.11. The number of para-hydroxylation sites is 2. The summed E-state index contributed by atoms with van der Waals surface area (Å²) in [5.74, 6) is 1.44. The van der Waals surface area contributed by atoms with E-state index in [0.717, 1.165) is 22.4 Å². The van der Waals surface area contributed by atoms with Crippen LogP contribution in [0.25, 0.3) is 33.4 Å². The summed E-state index contributed by atoms with van der Waals surface area (Å²) in [7, 11) is 0. The molecule has 0 saturated carbocycles. The van der Waals surface area contributed by atoms with Gasteiger partial charge in [0.1, 0.15) is 16.1 Å². The van der Waals surface area contributed by atoms with Crippen molar-refractivity contribution in [1.82, 2.24) is 9.38 Å². The minimum absolute atomic E-state index is 0.0636. The van der Waals surface area contributed by atoms with Crippen molar-refractivity contribution in [1.29, 1.82) is 0 Å². The van der Waals surface area contributed by atoms with Gasteiger partial charge >= 0.3 is 0 Å². The molecular formula is C20H12N2O2S. The van der Waals surface area contributed by atoms with Gasteiger partial charge in [0.15, 0.2) is 4.96 Å². The molecule has 0 aliphatic carbocycles. The molecule has 0 fully saturated rings. The van der Waals surface area contributed by atoms with Crippen LogP contribution in [-0.2, 0) is 0 Å². The van der Waals surface area contributed by atoms with Crippen molar-refractivity contribution >= 4 is 33.4 Å². The van der Waals surface area contributed by atoms with E-state index in [1.165, 1.54) is 11.3 Å². The predicted molar refractivity (Wildman–Crippen MR) is 99.8 cm³/mol. The highest BCUT2D eigenvalue weighted by atomic mass is 32.1. The van der Waals surface area contributed by atoms with Crippen LogP contribution in [-0.4, -0.2) is 9.38 Å². The first-order chi connectivity index (χ1) is 12.3. The molecule has 25 heavy (non-hydrogen) atoms. The molecule has 0 aliphatic heterocycles. The van der Waals surface area contributed by atoms with Gasteiger partial charge in [0.25, 0.3) is 5.56 Å². The van der Waals surface area contributed by atoms with E-state index in [2.05, 4.69) is 4.98 Å². The van der Waals surface area contributed by atoms with Gasteiger partial charge in [-0.2, -0.15) is 0 Å². The zero-order valence-electron chi connectivity index (χ0n) is 13.0. The number of hydrogen-bond donors (Lipinski definition) is 0. The number of furan rings is 1. The zero-order chi connectivity index (χ0) is 16.8.